The lowest BCUT2D eigenvalue weighted by molar-refractivity contribution is 0.409. The van der Waals surface area contributed by atoms with Gasteiger partial charge in [-0.25, -0.2) is 4.39 Å². The van der Waals surface area contributed by atoms with Crippen LogP contribution in [0.3, 0.4) is 0 Å². The number of benzene rings is 1. The summed E-state index contributed by atoms with van der Waals surface area (Å²) in [5, 5.41) is 3.43. The van der Waals surface area contributed by atoms with Crippen LogP contribution in [0.15, 0.2) is 18.2 Å². The van der Waals surface area contributed by atoms with Gasteiger partial charge in [0.2, 0.25) is 0 Å². The Hall–Kier alpha value is -1.09. The number of halogens is 1. The van der Waals surface area contributed by atoms with Crippen molar-refractivity contribution in [3.8, 4) is 5.75 Å². The molecule has 2 unspecified atom stereocenters. The third-order valence-electron chi connectivity index (χ3n) is 3.19. The zero-order valence-electron chi connectivity index (χ0n) is 11.8. The molecule has 102 valence electrons. The van der Waals surface area contributed by atoms with Gasteiger partial charge < -0.3 is 10.1 Å². The quantitative estimate of drug-likeness (QED) is 0.799. The molecule has 0 aromatic heterocycles. The van der Waals surface area contributed by atoms with Crippen molar-refractivity contribution in [2.45, 2.75) is 45.6 Å². The first-order valence-corrected chi connectivity index (χ1v) is 6.65. The monoisotopic (exact) mass is 253 g/mol. The Labute approximate surface area is 110 Å². The molecule has 0 saturated carbocycles. The number of hydrogen-bond acceptors (Lipinski definition) is 2. The first-order chi connectivity index (χ1) is 8.58. The fourth-order valence-electron chi connectivity index (χ4n) is 2.17. The molecule has 0 heterocycles. The average molecular weight is 253 g/mol. The highest BCUT2D eigenvalue weighted by Gasteiger charge is 2.14. The highest BCUT2D eigenvalue weighted by atomic mass is 19.1. The molecule has 0 aliphatic rings. The predicted molar refractivity (Wildman–Crippen MR) is 73.7 cm³/mol. The summed E-state index contributed by atoms with van der Waals surface area (Å²) in [7, 11) is 1.55. The van der Waals surface area contributed by atoms with Crippen molar-refractivity contribution in [2.24, 2.45) is 0 Å². The molecular weight excluding hydrogens is 229 g/mol. The maximum absolute atomic E-state index is 13.9. The Bertz CT molecular complexity index is 368. The minimum absolute atomic E-state index is 0.176. The third kappa shape index (κ3) is 4.30. The molecule has 0 radical (unpaired) electrons. The molecule has 1 aromatic carbocycles. The van der Waals surface area contributed by atoms with Gasteiger partial charge in [-0.15, -0.1) is 0 Å². The summed E-state index contributed by atoms with van der Waals surface area (Å²) < 4.78 is 18.9. The molecule has 1 aromatic rings. The van der Waals surface area contributed by atoms with Crippen molar-refractivity contribution < 1.29 is 9.13 Å². The van der Waals surface area contributed by atoms with E-state index in [0.717, 1.165) is 24.9 Å². The van der Waals surface area contributed by atoms with Crippen LogP contribution in [0.2, 0.25) is 0 Å². The Balaban J connectivity index is 2.63. The Morgan fingerprint density at radius 2 is 2.06 bits per heavy atom. The van der Waals surface area contributed by atoms with E-state index in [1.165, 1.54) is 6.07 Å². The highest BCUT2D eigenvalue weighted by molar-refractivity contribution is 5.30. The van der Waals surface area contributed by atoms with Crippen LogP contribution in [-0.2, 0) is 0 Å². The zero-order chi connectivity index (χ0) is 13.5. The number of nitrogens with one attached hydrogen (secondary N) is 1. The van der Waals surface area contributed by atoms with Gasteiger partial charge in [0.1, 0.15) is 11.6 Å². The molecule has 0 bridgehead atoms. The van der Waals surface area contributed by atoms with Crippen LogP contribution in [0, 0.1) is 5.82 Å². The second-order valence-electron chi connectivity index (χ2n) is 4.88. The molecule has 0 aliphatic heterocycles. The van der Waals surface area contributed by atoms with E-state index in [-0.39, 0.29) is 11.7 Å². The SMILES string of the molecule is CCCNC(C)CC(C)c1ccc(OC)cc1F. The van der Waals surface area contributed by atoms with Crippen LogP contribution in [0.25, 0.3) is 0 Å². The molecule has 0 fully saturated rings. The Morgan fingerprint density at radius 1 is 1.33 bits per heavy atom. The molecule has 2 nitrogen and oxygen atoms in total. The minimum atomic E-state index is -0.176. The fraction of sp³-hybridized carbons (Fsp3) is 0.600. The van der Waals surface area contributed by atoms with Crippen LogP contribution >= 0.6 is 0 Å². The molecule has 1 rings (SSSR count). The summed E-state index contributed by atoms with van der Waals surface area (Å²) in [6, 6.07) is 5.50. The van der Waals surface area contributed by atoms with Gasteiger partial charge in [0.15, 0.2) is 0 Å². The number of ether oxygens (including phenoxy) is 1. The molecule has 2 atom stereocenters. The van der Waals surface area contributed by atoms with Gasteiger partial charge in [0.05, 0.1) is 7.11 Å². The minimum Gasteiger partial charge on any atom is -0.497 e. The predicted octanol–water partition coefficient (Wildman–Crippen LogP) is 3.72. The summed E-state index contributed by atoms with van der Waals surface area (Å²) in [6.45, 7) is 7.37. The number of hydrogen-bond donors (Lipinski definition) is 1. The molecule has 1 N–H and O–H groups in total. The van der Waals surface area contributed by atoms with Crippen LogP contribution in [0.4, 0.5) is 4.39 Å². The first kappa shape index (κ1) is 15.0. The highest BCUT2D eigenvalue weighted by Crippen LogP contribution is 2.26. The van der Waals surface area contributed by atoms with Gasteiger partial charge in [-0.2, -0.15) is 0 Å². The average Bonchev–Trinajstić information content (AvgIpc) is 2.35. The van der Waals surface area contributed by atoms with Crippen molar-refractivity contribution in [3.63, 3.8) is 0 Å². The van der Waals surface area contributed by atoms with E-state index >= 15 is 0 Å². The topological polar surface area (TPSA) is 21.3 Å². The molecule has 0 spiro atoms. The van der Waals surface area contributed by atoms with E-state index in [9.17, 15) is 4.39 Å². The van der Waals surface area contributed by atoms with E-state index in [0.29, 0.717) is 11.8 Å². The number of methoxy groups -OCH3 is 1. The fourth-order valence-corrected chi connectivity index (χ4v) is 2.17. The molecule has 0 saturated heterocycles. The van der Waals surface area contributed by atoms with Crippen molar-refractivity contribution in [1.82, 2.24) is 5.32 Å². The van der Waals surface area contributed by atoms with Crippen molar-refractivity contribution >= 4 is 0 Å². The van der Waals surface area contributed by atoms with Crippen LogP contribution in [-0.4, -0.2) is 19.7 Å². The van der Waals surface area contributed by atoms with Crippen LogP contribution < -0.4 is 10.1 Å². The zero-order valence-corrected chi connectivity index (χ0v) is 11.8. The lowest BCUT2D eigenvalue weighted by Crippen LogP contribution is -2.28. The van der Waals surface area contributed by atoms with Crippen molar-refractivity contribution in [3.05, 3.63) is 29.6 Å². The number of rotatable bonds is 7. The maximum Gasteiger partial charge on any atom is 0.130 e. The smallest absolute Gasteiger partial charge is 0.130 e. The Kier molecular flexibility index (Phi) is 6.13. The van der Waals surface area contributed by atoms with Crippen molar-refractivity contribution in [1.29, 1.82) is 0 Å². The Morgan fingerprint density at radius 3 is 2.61 bits per heavy atom. The van der Waals surface area contributed by atoms with Gasteiger partial charge >= 0.3 is 0 Å². The van der Waals surface area contributed by atoms with E-state index in [1.54, 1.807) is 7.11 Å². The molecular formula is C15H24FNO. The molecule has 0 aliphatic carbocycles. The summed E-state index contributed by atoms with van der Waals surface area (Å²) in [5.74, 6) is 0.598. The van der Waals surface area contributed by atoms with E-state index < -0.39 is 0 Å². The van der Waals surface area contributed by atoms with Gasteiger partial charge in [-0.3, -0.25) is 0 Å². The summed E-state index contributed by atoms with van der Waals surface area (Å²) >= 11 is 0. The van der Waals surface area contributed by atoms with Gasteiger partial charge in [-0.1, -0.05) is 19.9 Å². The first-order valence-electron chi connectivity index (χ1n) is 6.65. The van der Waals surface area contributed by atoms with E-state index in [1.807, 2.05) is 12.1 Å². The second kappa shape index (κ2) is 7.37. The van der Waals surface area contributed by atoms with Crippen LogP contribution in [0.1, 0.15) is 45.1 Å². The lowest BCUT2D eigenvalue weighted by Gasteiger charge is -2.19. The largest absolute Gasteiger partial charge is 0.497 e. The second-order valence-corrected chi connectivity index (χ2v) is 4.88. The van der Waals surface area contributed by atoms with E-state index in [4.69, 9.17) is 4.74 Å². The van der Waals surface area contributed by atoms with Gasteiger partial charge in [0.25, 0.3) is 0 Å². The van der Waals surface area contributed by atoms with Gasteiger partial charge in [-0.05, 0) is 43.9 Å². The van der Waals surface area contributed by atoms with Gasteiger partial charge in [0, 0.05) is 12.1 Å². The normalized spacial score (nSPS) is 14.3. The lowest BCUT2D eigenvalue weighted by atomic mass is 9.94. The summed E-state index contributed by atoms with van der Waals surface area (Å²) in [5.41, 5.74) is 0.765. The van der Waals surface area contributed by atoms with Crippen LogP contribution in [0.5, 0.6) is 5.75 Å². The summed E-state index contributed by atoms with van der Waals surface area (Å²) in [6.07, 6.45) is 2.05. The molecule has 3 heteroatoms. The third-order valence-corrected chi connectivity index (χ3v) is 3.19. The summed E-state index contributed by atoms with van der Waals surface area (Å²) in [4.78, 5) is 0. The standard InChI is InChI=1S/C15H24FNO/c1-5-8-17-12(3)9-11(2)14-7-6-13(18-4)10-15(14)16/h6-7,10-12,17H,5,8-9H2,1-4H3. The van der Waals surface area contributed by atoms with Crippen molar-refractivity contribution in [2.75, 3.05) is 13.7 Å². The van der Waals surface area contributed by atoms with E-state index in [2.05, 4.69) is 26.1 Å². The maximum atomic E-state index is 13.9. The molecule has 18 heavy (non-hydrogen) atoms. The molecule has 0 amide bonds.